The highest BCUT2D eigenvalue weighted by Crippen LogP contribution is 2.11. The Morgan fingerprint density at radius 3 is 2.24 bits per heavy atom. The molecule has 25 heavy (non-hydrogen) atoms. The summed E-state index contributed by atoms with van der Waals surface area (Å²) >= 11 is 0. The first-order valence-corrected chi connectivity index (χ1v) is 8.17. The maximum Gasteiger partial charge on any atom is 0.187 e. The lowest BCUT2D eigenvalue weighted by Gasteiger charge is -2.00. The number of hydrogen-bond acceptors (Lipinski definition) is 1. The van der Waals surface area contributed by atoms with Gasteiger partial charge in [0.25, 0.3) is 0 Å². The fourth-order valence-corrected chi connectivity index (χ4v) is 2.41. The van der Waals surface area contributed by atoms with Crippen LogP contribution in [0.5, 0.6) is 0 Å². The molecule has 1 heteroatoms. The first-order chi connectivity index (χ1) is 12.2. The number of benzene rings is 3. The van der Waals surface area contributed by atoms with E-state index in [0.717, 1.165) is 16.7 Å². The van der Waals surface area contributed by atoms with E-state index in [9.17, 15) is 4.79 Å². The molecule has 0 heterocycles. The quantitative estimate of drug-likeness (QED) is 0.364. The molecule has 0 aliphatic rings. The van der Waals surface area contributed by atoms with E-state index in [4.69, 9.17) is 0 Å². The zero-order chi connectivity index (χ0) is 17.5. The Hall–Kier alpha value is -3.37. The Morgan fingerprint density at radius 2 is 1.48 bits per heavy atom. The first kappa shape index (κ1) is 16.5. The van der Waals surface area contributed by atoms with Gasteiger partial charge in [-0.3, -0.25) is 4.79 Å². The lowest BCUT2D eigenvalue weighted by molar-refractivity contribution is 0.104. The molecule has 0 aliphatic heterocycles. The van der Waals surface area contributed by atoms with Gasteiger partial charge in [-0.05, 0) is 42.8 Å². The van der Waals surface area contributed by atoms with E-state index in [1.54, 1.807) is 6.08 Å². The van der Waals surface area contributed by atoms with Crippen molar-refractivity contribution in [3.8, 4) is 11.8 Å². The maximum atomic E-state index is 12.6. The third kappa shape index (κ3) is 4.56. The van der Waals surface area contributed by atoms with Crippen LogP contribution >= 0.6 is 0 Å². The summed E-state index contributed by atoms with van der Waals surface area (Å²) in [5.74, 6) is 6.18. The number of aryl methyl sites for hydroxylation is 1. The Kier molecular flexibility index (Phi) is 5.24. The van der Waals surface area contributed by atoms with Gasteiger partial charge in [-0.15, -0.1) is 0 Å². The summed E-state index contributed by atoms with van der Waals surface area (Å²) in [5.41, 5.74) is 4.50. The van der Waals surface area contributed by atoms with Gasteiger partial charge in [0.05, 0.1) is 0 Å². The largest absolute Gasteiger partial charge is 0.289 e. The molecule has 1 nitrogen and oxygen atoms in total. The highest BCUT2D eigenvalue weighted by atomic mass is 16.1. The minimum Gasteiger partial charge on any atom is -0.289 e. The molecule has 0 amide bonds. The SMILES string of the molecule is Cc1ccc(/C=C/C(=O)c2ccccc2C#Cc2ccccc2)cc1. The lowest BCUT2D eigenvalue weighted by Crippen LogP contribution is -1.98. The second-order valence-electron chi connectivity index (χ2n) is 5.77. The summed E-state index contributed by atoms with van der Waals surface area (Å²) in [4.78, 5) is 12.6. The topological polar surface area (TPSA) is 17.1 Å². The molecule has 0 N–H and O–H groups in total. The minimum atomic E-state index is -0.0430. The van der Waals surface area contributed by atoms with Crippen LogP contribution in [0.15, 0.2) is 84.9 Å². The first-order valence-electron chi connectivity index (χ1n) is 8.17. The normalized spacial score (nSPS) is 10.3. The Labute approximate surface area is 148 Å². The number of ketones is 1. The van der Waals surface area contributed by atoms with Gasteiger partial charge >= 0.3 is 0 Å². The van der Waals surface area contributed by atoms with Gasteiger partial charge in [0, 0.05) is 16.7 Å². The Bertz CT molecular complexity index is 952. The molecular formula is C24H18O. The van der Waals surface area contributed by atoms with Crippen molar-refractivity contribution in [2.24, 2.45) is 0 Å². The third-order valence-electron chi connectivity index (χ3n) is 3.81. The second-order valence-corrected chi connectivity index (χ2v) is 5.77. The maximum absolute atomic E-state index is 12.6. The summed E-state index contributed by atoms with van der Waals surface area (Å²) in [5, 5.41) is 0. The summed E-state index contributed by atoms with van der Waals surface area (Å²) in [6.45, 7) is 2.04. The van der Waals surface area contributed by atoms with E-state index in [2.05, 4.69) is 11.8 Å². The van der Waals surface area contributed by atoms with Crippen LogP contribution in [-0.4, -0.2) is 5.78 Å². The zero-order valence-corrected chi connectivity index (χ0v) is 14.1. The fourth-order valence-electron chi connectivity index (χ4n) is 2.41. The smallest absolute Gasteiger partial charge is 0.187 e. The zero-order valence-electron chi connectivity index (χ0n) is 14.1. The number of carbonyl (C=O) groups is 1. The van der Waals surface area contributed by atoms with Crippen molar-refractivity contribution in [3.05, 3.63) is 113 Å². The molecule has 0 radical (unpaired) electrons. The van der Waals surface area contributed by atoms with E-state index >= 15 is 0 Å². The van der Waals surface area contributed by atoms with Crippen molar-refractivity contribution in [2.45, 2.75) is 6.92 Å². The van der Waals surface area contributed by atoms with Crippen LogP contribution in [0.3, 0.4) is 0 Å². The highest BCUT2D eigenvalue weighted by Gasteiger charge is 2.06. The van der Waals surface area contributed by atoms with E-state index < -0.39 is 0 Å². The lowest BCUT2D eigenvalue weighted by atomic mass is 10.0. The molecule has 120 valence electrons. The average Bonchev–Trinajstić information content (AvgIpc) is 2.67. The van der Waals surface area contributed by atoms with Gasteiger partial charge in [0.15, 0.2) is 5.78 Å². The number of hydrogen-bond donors (Lipinski definition) is 0. The van der Waals surface area contributed by atoms with Crippen molar-refractivity contribution >= 4 is 11.9 Å². The van der Waals surface area contributed by atoms with Gasteiger partial charge in [-0.25, -0.2) is 0 Å². The van der Waals surface area contributed by atoms with Gasteiger partial charge in [0.1, 0.15) is 0 Å². The molecule has 0 unspecified atom stereocenters. The van der Waals surface area contributed by atoms with Crippen LogP contribution in [0.4, 0.5) is 0 Å². The van der Waals surface area contributed by atoms with Gasteiger partial charge in [-0.2, -0.15) is 0 Å². The van der Waals surface area contributed by atoms with E-state index in [1.807, 2.05) is 91.9 Å². The van der Waals surface area contributed by atoms with Crippen LogP contribution in [-0.2, 0) is 0 Å². The Morgan fingerprint density at radius 1 is 0.800 bits per heavy atom. The molecule has 0 saturated carbocycles. The predicted octanol–water partition coefficient (Wildman–Crippen LogP) is 5.29. The van der Waals surface area contributed by atoms with E-state index in [1.165, 1.54) is 5.56 Å². The number of rotatable bonds is 3. The molecule has 0 atom stereocenters. The minimum absolute atomic E-state index is 0.0430. The predicted molar refractivity (Wildman–Crippen MR) is 103 cm³/mol. The second kappa shape index (κ2) is 7.95. The van der Waals surface area contributed by atoms with Crippen LogP contribution in [0.25, 0.3) is 6.08 Å². The summed E-state index contributed by atoms with van der Waals surface area (Å²) in [6, 6.07) is 25.3. The van der Waals surface area contributed by atoms with Crippen molar-refractivity contribution in [1.29, 1.82) is 0 Å². The van der Waals surface area contributed by atoms with Crippen LogP contribution in [0.2, 0.25) is 0 Å². The molecule has 0 spiro atoms. The molecule has 0 fully saturated rings. The molecule has 0 aromatic heterocycles. The van der Waals surface area contributed by atoms with Crippen molar-refractivity contribution in [1.82, 2.24) is 0 Å². The molecule has 0 saturated heterocycles. The molecule has 0 bridgehead atoms. The standard InChI is InChI=1S/C24H18O/c1-19-11-13-21(14-12-19)16-18-24(25)23-10-6-5-9-22(23)17-15-20-7-3-2-4-8-20/h2-14,16,18H,1H3/b18-16+. The molecule has 3 aromatic rings. The van der Waals surface area contributed by atoms with Crippen LogP contribution in [0, 0.1) is 18.8 Å². The number of allylic oxidation sites excluding steroid dienone is 1. The summed E-state index contributed by atoms with van der Waals surface area (Å²) < 4.78 is 0. The van der Waals surface area contributed by atoms with Crippen molar-refractivity contribution in [3.63, 3.8) is 0 Å². The van der Waals surface area contributed by atoms with Crippen molar-refractivity contribution in [2.75, 3.05) is 0 Å². The Balaban J connectivity index is 1.84. The van der Waals surface area contributed by atoms with Gasteiger partial charge < -0.3 is 0 Å². The third-order valence-corrected chi connectivity index (χ3v) is 3.81. The number of carbonyl (C=O) groups excluding carboxylic acids is 1. The summed E-state index contributed by atoms with van der Waals surface area (Å²) in [7, 11) is 0. The van der Waals surface area contributed by atoms with Gasteiger partial charge in [0.2, 0.25) is 0 Å². The molecule has 3 aromatic carbocycles. The summed E-state index contributed by atoms with van der Waals surface area (Å²) in [6.07, 6.45) is 3.44. The average molecular weight is 322 g/mol. The fraction of sp³-hybridized carbons (Fsp3) is 0.0417. The monoisotopic (exact) mass is 322 g/mol. The van der Waals surface area contributed by atoms with Crippen molar-refractivity contribution < 1.29 is 4.79 Å². The van der Waals surface area contributed by atoms with Gasteiger partial charge in [-0.1, -0.05) is 78.1 Å². The highest BCUT2D eigenvalue weighted by molar-refractivity contribution is 6.08. The van der Waals surface area contributed by atoms with E-state index in [0.29, 0.717) is 5.56 Å². The van der Waals surface area contributed by atoms with Crippen LogP contribution in [0.1, 0.15) is 32.6 Å². The van der Waals surface area contributed by atoms with Crippen LogP contribution < -0.4 is 0 Å². The molecule has 0 aliphatic carbocycles. The molecule has 3 rings (SSSR count). The molecular weight excluding hydrogens is 304 g/mol. The van der Waals surface area contributed by atoms with E-state index in [-0.39, 0.29) is 5.78 Å².